The third kappa shape index (κ3) is 3.91. The van der Waals surface area contributed by atoms with E-state index in [4.69, 9.17) is 22.1 Å². The Hall–Kier alpha value is -1.57. The molecule has 130 valence electrons. The minimum Gasteiger partial charge on any atom is -0.472 e. The summed E-state index contributed by atoms with van der Waals surface area (Å²) in [6.45, 7) is 4.04. The van der Waals surface area contributed by atoms with Crippen LogP contribution in [0.1, 0.15) is 31.0 Å². The summed E-state index contributed by atoms with van der Waals surface area (Å²) < 4.78 is 20.4. The first-order valence-corrected chi connectivity index (χ1v) is 8.95. The van der Waals surface area contributed by atoms with Crippen LogP contribution in [0.25, 0.3) is 0 Å². The smallest absolute Gasteiger partial charge is 0.277 e. The normalized spacial score (nSPS) is 11.1. The van der Waals surface area contributed by atoms with Gasteiger partial charge in [0.1, 0.15) is 12.4 Å². The fourth-order valence-corrected chi connectivity index (χ4v) is 3.09. The number of ether oxygens (including phenoxy) is 1. The van der Waals surface area contributed by atoms with E-state index in [0.717, 1.165) is 5.56 Å². The quantitative estimate of drug-likeness (QED) is 0.622. The molecule has 1 aromatic heterocycles. The van der Waals surface area contributed by atoms with Crippen LogP contribution >= 0.6 is 23.4 Å². The summed E-state index contributed by atoms with van der Waals surface area (Å²) in [6, 6.07) is 4.21. The highest BCUT2D eigenvalue weighted by atomic mass is 35.5. The first-order chi connectivity index (χ1) is 11.4. The van der Waals surface area contributed by atoms with Crippen molar-refractivity contribution in [2.75, 3.05) is 6.26 Å². The van der Waals surface area contributed by atoms with E-state index >= 15 is 0 Å². The summed E-state index contributed by atoms with van der Waals surface area (Å²) in [5.41, 5.74) is 6.62. The van der Waals surface area contributed by atoms with Gasteiger partial charge in [-0.2, -0.15) is 4.98 Å². The molecular formula is C16H19ClFN3O2S. The van der Waals surface area contributed by atoms with Gasteiger partial charge in [-0.3, -0.25) is 9.36 Å². The van der Waals surface area contributed by atoms with Crippen LogP contribution < -0.4 is 16.0 Å². The number of benzene rings is 1. The van der Waals surface area contributed by atoms with Crippen LogP contribution in [-0.4, -0.2) is 15.8 Å². The summed E-state index contributed by atoms with van der Waals surface area (Å²) in [4.78, 5) is 16.7. The highest BCUT2D eigenvalue weighted by Gasteiger charge is 2.18. The van der Waals surface area contributed by atoms with Crippen LogP contribution in [0, 0.1) is 5.82 Å². The molecule has 0 bridgehead atoms. The van der Waals surface area contributed by atoms with Crippen LogP contribution in [0.4, 0.5) is 4.39 Å². The van der Waals surface area contributed by atoms with Gasteiger partial charge in [0.15, 0.2) is 10.2 Å². The molecule has 0 aliphatic carbocycles. The van der Waals surface area contributed by atoms with Crippen molar-refractivity contribution in [2.24, 2.45) is 5.73 Å². The van der Waals surface area contributed by atoms with Crippen LogP contribution in [0.2, 0.25) is 5.02 Å². The van der Waals surface area contributed by atoms with E-state index in [1.165, 1.54) is 28.5 Å². The standard InChI is InChI=1S/C16H19ClFN3O2S/c1-9(2)21-15(22)13(17)14(20-16(21)24-3)23-8-10-4-5-12(18)6-11(10)7-19/h4-6,9H,7-8,19H2,1-3H3. The molecule has 0 radical (unpaired) electrons. The molecule has 0 unspecified atom stereocenters. The van der Waals surface area contributed by atoms with Gasteiger partial charge in [0.05, 0.1) is 0 Å². The van der Waals surface area contributed by atoms with E-state index in [0.29, 0.717) is 10.7 Å². The molecular weight excluding hydrogens is 353 g/mol. The van der Waals surface area contributed by atoms with Gasteiger partial charge >= 0.3 is 0 Å². The Balaban J connectivity index is 2.34. The molecule has 0 aliphatic heterocycles. The predicted octanol–water partition coefficient (Wildman–Crippen LogP) is 3.38. The van der Waals surface area contributed by atoms with Crippen molar-refractivity contribution in [3.05, 3.63) is 50.5 Å². The van der Waals surface area contributed by atoms with Gasteiger partial charge in [-0.1, -0.05) is 29.4 Å². The zero-order chi connectivity index (χ0) is 17.9. The molecule has 2 aromatic rings. The lowest BCUT2D eigenvalue weighted by atomic mass is 10.1. The fraction of sp³-hybridized carbons (Fsp3) is 0.375. The molecule has 1 heterocycles. The van der Waals surface area contributed by atoms with Gasteiger partial charge in [0.2, 0.25) is 5.88 Å². The molecule has 1 aromatic carbocycles. The van der Waals surface area contributed by atoms with Gasteiger partial charge < -0.3 is 10.5 Å². The number of rotatable bonds is 6. The number of nitrogens with two attached hydrogens (primary N) is 1. The Morgan fingerprint density at radius 2 is 2.12 bits per heavy atom. The lowest BCUT2D eigenvalue weighted by Crippen LogP contribution is -2.26. The average molecular weight is 372 g/mol. The van der Waals surface area contributed by atoms with Crippen LogP contribution in [0.3, 0.4) is 0 Å². The largest absolute Gasteiger partial charge is 0.472 e. The summed E-state index contributed by atoms with van der Waals surface area (Å²) in [5.74, 6) is -0.297. The Kier molecular flexibility index (Phi) is 6.26. The molecule has 0 fully saturated rings. The second kappa shape index (κ2) is 8.00. The number of halogens is 2. The number of thioether (sulfide) groups is 1. The minimum atomic E-state index is -0.362. The van der Waals surface area contributed by atoms with Crippen LogP contribution in [-0.2, 0) is 13.2 Å². The molecule has 0 aliphatic rings. The van der Waals surface area contributed by atoms with Gasteiger partial charge in [-0.25, -0.2) is 4.39 Å². The van der Waals surface area contributed by atoms with E-state index in [1.54, 1.807) is 6.07 Å². The molecule has 24 heavy (non-hydrogen) atoms. The predicted molar refractivity (Wildman–Crippen MR) is 94.3 cm³/mol. The topological polar surface area (TPSA) is 70.1 Å². The van der Waals surface area contributed by atoms with Gasteiger partial charge in [-0.15, -0.1) is 0 Å². The average Bonchev–Trinajstić information content (AvgIpc) is 2.56. The number of aromatic nitrogens is 2. The zero-order valence-electron chi connectivity index (χ0n) is 13.7. The van der Waals surface area contributed by atoms with Crippen molar-refractivity contribution in [1.82, 2.24) is 9.55 Å². The second-order valence-corrected chi connectivity index (χ2v) is 6.54. The molecule has 2 rings (SSSR count). The maximum Gasteiger partial charge on any atom is 0.277 e. The Morgan fingerprint density at radius 3 is 2.71 bits per heavy atom. The van der Waals surface area contributed by atoms with Gasteiger partial charge in [0.25, 0.3) is 5.56 Å². The highest BCUT2D eigenvalue weighted by Crippen LogP contribution is 2.25. The van der Waals surface area contributed by atoms with E-state index < -0.39 is 0 Å². The monoisotopic (exact) mass is 371 g/mol. The Morgan fingerprint density at radius 1 is 1.42 bits per heavy atom. The summed E-state index contributed by atoms with van der Waals surface area (Å²) in [7, 11) is 0. The Bertz CT molecular complexity index is 796. The maximum atomic E-state index is 13.3. The third-order valence-electron chi connectivity index (χ3n) is 3.45. The second-order valence-electron chi connectivity index (χ2n) is 5.39. The summed E-state index contributed by atoms with van der Waals surface area (Å²) >= 11 is 7.46. The molecule has 0 saturated heterocycles. The van der Waals surface area contributed by atoms with E-state index in [9.17, 15) is 9.18 Å². The van der Waals surface area contributed by atoms with Gasteiger partial charge in [0, 0.05) is 12.6 Å². The first kappa shape index (κ1) is 18.8. The molecule has 5 nitrogen and oxygen atoms in total. The summed E-state index contributed by atoms with van der Waals surface area (Å²) in [5, 5.41) is 0.450. The maximum absolute atomic E-state index is 13.3. The SMILES string of the molecule is CSc1nc(OCc2ccc(F)cc2CN)c(Cl)c(=O)n1C(C)C. The Labute approximate surface area is 149 Å². The molecule has 0 saturated carbocycles. The van der Waals surface area contributed by atoms with Crippen molar-refractivity contribution < 1.29 is 9.13 Å². The van der Waals surface area contributed by atoms with Crippen LogP contribution in [0.5, 0.6) is 5.88 Å². The number of nitrogens with zero attached hydrogens (tertiary/aromatic N) is 2. The van der Waals surface area contributed by atoms with Gasteiger partial charge in [-0.05, 0) is 43.4 Å². The zero-order valence-corrected chi connectivity index (χ0v) is 15.2. The molecule has 0 spiro atoms. The van der Waals surface area contributed by atoms with Crippen molar-refractivity contribution in [3.8, 4) is 5.88 Å². The number of hydrogen-bond acceptors (Lipinski definition) is 5. The lowest BCUT2D eigenvalue weighted by molar-refractivity contribution is 0.285. The molecule has 2 N–H and O–H groups in total. The van der Waals surface area contributed by atoms with E-state index in [2.05, 4.69) is 4.98 Å². The van der Waals surface area contributed by atoms with Crippen molar-refractivity contribution >= 4 is 23.4 Å². The van der Waals surface area contributed by atoms with Crippen molar-refractivity contribution in [1.29, 1.82) is 0 Å². The third-order valence-corrected chi connectivity index (χ3v) is 4.43. The van der Waals surface area contributed by atoms with E-state index in [1.807, 2.05) is 20.1 Å². The minimum absolute atomic E-state index is 0.0650. The molecule has 0 atom stereocenters. The number of hydrogen-bond donors (Lipinski definition) is 1. The van der Waals surface area contributed by atoms with Crippen molar-refractivity contribution in [2.45, 2.75) is 38.2 Å². The first-order valence-electron chi connectivity index (χ1n) is 7.35. The van der Waals surface area contributed by atoms with Crippen molar-refractivity contribution in [3.63, 3.8) is 0 Å². The highest BCUT2D eigenvalue weighted by molar-refractivity contribution is 7.98. The lowest BCUT2D eigenvalue weighted by Gasteiger charge is -2.17. The van der Waals surface area contributed by atoms with E-state index in [-0.39, 0.29) is 41.5 Å². The van der Waals surface area contributed by atoms with Crippen LogP contribution in [0.15, 0.2) is 28.2 Å². The fourth-order valence-electron chi connectivity index (χ4n) is 2.24. The summed E-state index contributed by atoms with van der Waals surface area (Å²) in [6.07, 6.45) is 1.82. The molecule has 0 amide bonds. The molecule has 8 heteroatoms.